The van der Waals surface area contributed by atoms with Gasteiger partial charge in [-0.2, -0.15) is 8.75 Å². The molecule has 0 aliphatic heterocycles. The van der Waals surface area contributed by atoms with Gasteiger partial charge in [0.05, 0.1) is 24.0 Å². The summed E-state index contributed by atoms with van der Waals surface area (Å²) in [5.74, 6) is 0.533. The molecular formula is C16H18N4O2S3. The lowest BCUT2D eigenvalue weighted by Gasteiger charge is -2.19. The molecule has 1 aromatic carbocycles. The molecule has 0 unspecified atom stereocenters. The molecule has 4 rings (SSSR count). The van der Waals surface area contributed by atoms with E-state index in [1.807, 2.05) is 0 Å². The summed E-state index contributed by atoms with van der Waals surface area (Å²) in [7, 11) is -3.65. The van der Waals surface area contributed by atoms with Crippen LogP contribution in [0.15, 0.2) is 28.5 Å². The smallest absolute Gasteiger partial charge is 0.243 e. The number of nitrogens with zero attached hydrogens (tertiary/aromatic N) is 3. The first-order valence-electron chi connectivity index (χ1n) is 8.29. The second-order valence-electron chi connectivity index (χ2n) is 6.21. The third-order valence-electron chi connectivity index (χ3n) is 4.54. The standard InChI is InChI=1S/C16H18N4O2S3/c21-25(22,14-8-4-7-12-16(14)20-24-19-12)17-9-15-18-13(10-23-15)11-5-2-1-3-6-11/h4,7-8,10-11,17H,1-3,5-6,9H2. The summed E-state index contributed by atoms with van der Waals surface area (Å²) in [5.41, 5.74) is 2.13. The van der Waals surface area contributed by atoms with E-state index in [1.54, 1.807) is 18.2 Å². The minimum atomic E-state index is -3.65. The minimum absolute atomic E-state index is 0.169. The van der Waals surface area contributed by atoms with Crippen LogP contribution in [0.2, 0.25) is 0 Å². The van der Waals surface area contributed by atoms with Gasteiger partial charge in [0.15, 0.2) is 0 Å². The highest BCUT2D eigenvalue weighted by atomic mass is 32.2. The Morgan fingerprint density at radius 1 is 1.16 bits per heavy atom. The molecular weight excluding hydrogens is 376 g/mol. The van der Waals surface area contributed by atoms with Crippen molar-refractivity contribution in [1.82, 2.24) is 18.5 Å². The Bertz CT molecular complexity index is 974. The van der Waals surface area contributed by atoms with Crippen LogP contribution in [0.3, 0.4) is 0 Å². The van der Waals surface area contributed by atoms with Crippen molar-refractivity contribution in [2.24, 2.45) is 0 Å². The number of rotatable bonds is 5. The molecule has 25 heavy (non-hydrogen) atoms. The maximum Gasteiger partial charge on any atom is 0.243 e. The zero-order valence-corrected chi connectivity index (χ0v) is 16.0. The summed E-state index contributed by atoms with van der Waals surface area (Å²) in [5, 5.41) is 2.87. The van der Waals surface area contributed by atoms with Crippen LogP contribution in [0, 0.1) is 0 Å². The molecule has 1 aliphatic rings. The number of fused-ring (bicyclic) bond motifs is 1. The van der Waals surface area contributed by atoms with Gasteiger partial charge in [0.1, 0.15) is 20.9 Å². The van der Waals surface area contributed by atoms with Crippen LogP contribution >= 0.6 is 23.1 Å². The van der Waals surface area contributed by atoms with E-state index in [0.29, 0.717) is 17.0 Å². The van der Waals surface area contributed by atoms with Gasteiger partial charge in [-0.1, -0.05) is 25.3 Å². The normalized spacial score (nSPS) is 16.5. The fourth-order valence-corrected chi connectivity index (χ4v) is 5.88. The van der Waals surface area contributed by atoms with Crippen molar-refractivity contribution < 1.29 is 8.42 Å². The van der Waals surface area contributed by atoms with Crippen molar-refractivity contribution in [3.05, 3.63) is 34.3 Å². The first-order valence-corrected chi connectivity index (χ1v) is 11.4. The van der Waals surface area contributed by atoms with E-state index in [4.69, 9.17) is 0 Å². The maximum atomic E-state index is 12.6. The third-order valence-corrected chi connectivity index (χ3v) is 7.39. The Hall–Kier alpha value is -1.42. The molecule has 0 bridgehead atoms. The molecule has 2 heterocycles. The monoisotopic (exact) mass is 394 g/mol. The van der Waals surface area contributed by atoms with E-state index in [1.165, 1.54) is 43.4 Å². The molecule has 0 atom stereocenters. The molecule has 0 saturated heterocycles. The molecule has 6 nitrogen and oxygen atoms in total. The molecule has 0 amide bonds. The molecule has 0 spiro atoms. The van der Waals surface area contributed by atoms with Gasteiger partial charge in [0, 0.05) is 11.3 Å². The number of sulfonamides is 1. The van der Waals surface area contributed by atoms with Crippen LogP contribution in [-0.2, 0) is 16.6 Å². The molecule has 1 fully saturated rings. The van der Waals surface area contributed by atoms with Crippen molar-refractivity contribution >= 4 is 44.1 Å². The maximum absolute atomic E-state index is 12.6. The fraction of sp³-hybridized carbons (Fsp3) is 0.438. The summed E-state index contributed by atoms with van der Waals surface area (Å²) >= 11 is 2.53. The molecule has 2 aromatic heterocycles. The number of aromatic nitrogens is 3. The second-order valence-corrected chi connectivity index (χ2v) is 9.42. The molecule has 9 heteroatoms. The lowest BCUT2D eigenvalue weighted by molar-refractivity contribution is 0.437. The van der Waals surface area contributed by atoms with Gasteiger partial charge in [0.2, 0.25) is 10.0 Å². The number of nitrogens with one attached hydrogen (secondary N) is 1. The van der Waals surface area contributed by atoms with Crippen molar-refractivity contribution in [2.45, 2.75) is 49.5 Å². The zero-order valence-electron chi connectivity index (χ0n) is 13.5. The average molecular weight is 395 g/mol. The van der Waals surface area contributed by atoms with Crippen LogP contribution in [0.4, 0.5) is 0 Å². The Kier molecular flexibility index (Phi) is 4.81. The van der Waals surface area contributed by atoms with E-state index < -0.39 is 10.0 Å². The van der Waals surface area contributed by atoms with Crippen molar-refractivity contribution in [3.8, 4) is 0 Å². The highest BCUT2D eigenvalue weighted by molar-refractivity contribution is 7.89. The van der Waals surface area contributed by atoms with E-state index in [-0.39, 0.29) is 11.4 Å². The van der Waals surface area contributed by atoms with Gasteiger partial charge in [0.25, 0.3) is 0 Å². The van der Waals surface area contributed by atoms with Crippen LogP contribution in [0.5, 0.6) is 0 Å². The Labute approximate surface area is 154 Å². The topological polar surface area (TPSA) is 84.8 Å². The number of hydrogen-bond donors (Lipinski definition) is 1. The van der Waals surface area contributed by atoms with Crippen LogP contribution < -0.4 is 4.72 Å². The van der Waals surface area contributed by atoms with Crippen molar-refractivity contribution in [2.75, 3.05) is 0 Å². The molecule has 1 saturated carbocycles. The summed E-state index contributed by atoms with van der Waals surface area (Å²) in [6, 6.07) is 5.00. The van der Waals surface area contributed by atoms with Crippen LogP contribution in [0.1, 0.15) is 48.7 Å². The molecule has 132 valence electrons. The highest BCUT2D eigenvalue weighted by Crippen LogP contribution is 2.33. The van der Waals surface area contributed by atoms with Gasteiger partial charge in [-0.05, 0) is 25.0 Å². The lowest BCUT2D eigenvalue weighted by atomic mass is 9.87. The number of hydrogen-bond acceptors (Lipinski definition) is 7. The van der Waals surface area contributed by atoms with Gasteiger partial charge in [-0.15, -0.1) is 11.3 Å². The predicted octanol–water partition coefficient (Wildman–Crippen LogP) is 3.67. The molecule has 1 aliphatic carbocycles. The Balaban J connectivity index is 1.49. The largest absolute Gasteiger partial charge is 0.245 e. The third kappa shape index (κ3) is 3.59. The van der Waals surface area contributed by atoms with Crippen molar-refractivity contribution in [1.29, 1.82) is 0 Å². The zero-order chi connectivity index (χ0) is 17.3. The van der Waals surface area contributed by atoms with Gasteiger partial charge < -0.3 is 0 Å². The van der Waals surface area contributed by atoms with Crippen LogP contribution in [0.25, 0.3) is 11.0 Å². The van der Waals surface area contributed by atoms with Gasteiger partial charge in [-0.3, -0.25) is 0 Å². The van der Waals surface area contributed by atoms with E-state index in [2.05, 4.69) is 23.8 Å². The Morgan fingerprint density at radius 3 is 2.84 bits per heavy atom. The summed E-state index contributed by atoms with van der Waals surface area (Å²) < 4.78 is 36.1. The predicted molar refractivity (Wildman–Crippen MR) is 99.4 cm³/mol. The summed E-state index contributed by atoms with van der Waals surface area (Å²) in [6.07, 6.45) is 6.21. The van der Waals surface area contributed by atoms with E-state index in [0.717, 1.165) is 22.4 Å². The molecule has 3 aromatic rings. The van der Waals surface area contributed by atoms with Gasteiger partial charge in [-0.25, -0.2) is 18.1 Å². The number of benzene rings is 1. The first kappa shape index (κ1) is 17.0. The van der Waals surface area contributed by atoms with E-state index >= 15 is 0 Å². The first-order chi connectivity index (χ1) is 12.1. The summed E-state index contributed by atoms with van der Waals surface area (Å²) in [4.78, 5) is 4.82. The molecule has 1 N–H and O–H groups in total. The summed E-state index contributed by atoms with van der Waals surface area (Å²) in [6.45, 7) is 0.202. The quantitative estimate of drug-likeness (QED) is 0.714. The second kappa shape index (κ2) is 7.06. The SMILES string of the molecule is O=S(=O)(NCc1nc(C2CCCCC2)cs1)c1cccc2nsnc12. The highest BCUT2D eigenvalue weighted by Gasteiger charge is 2.21. The molecule has 0 radical (unpaired) electrons. The van der Waals surface area contributed by atoms with Crippen LogP contribution in [-0.4, -0.2) is 22.1 Å². The Morgan fingerprint density at radius 2 is 2.00 bits per heavy atom. The number of thiazole rings is 1. The average Bonchev–Trinajstić information content (AvgIpc) is 3.29. The van der Waals surface area contributed by atoms with Gasteiger partial charge >= 0.3 is 0 Å². The fourth-order valence-electron chi connectivity index (χ4n) is 3.22. The lowest BCUT2D eigenvalue weighted by Crippen LogP contribution is -2.23. The van der Waals surface area contributed by atoms with Crippen molar-refractivity contribution in [3.63, 3.8) is 0 Å². The minimum Gasteiger partial charge on any atom is -0.245 e. The van der Waals surface area contributed by atoms with E-state index in [9.17, 15) is 8.42 Å².